The normalized spacial score (nSPS) is 22.3. The Balaban J connectivity index is 1.89. The molecule has 0 radical (unpaired) electrons. The third kappa shape index (κ3) is 3.15. The van der Waals surface area contributed by atoms with Crippen molar-refractivity contribution in [3.8, 4) is 11.6 Å². The van der Waals surface area contributed by atoms with Crippen molar-refractivity contribution < 1.29 is 19.1 Å². The third-order valence-corrected chi connectivity index (χ3v) is 4.79. The maximum Gasteiger partial charge on any atom is 0.252 e. The first-order valence-corrected chi connectivity index (χ1v) is 8.41. The van der Waals surface area contributed by atoms with Gasteiger partial charge < -0.3 is 26.3 Å². The first-order valence-electron chi connectivity index (χ1n) is 8.41. The molecule has 1 aliphatic rings. The number of ether oxygens (including phenoxy) is 2. The van der Waals surface area contributed by atoms with Crippen molar-refractivity contribution in [3.05, 3.63) is 30.0 Å². The summed E-state index contributed by atoms with van der Waals surface area (Å²) in [7, 11) is 1.46. The molecule has 0 aliphatic carbocycles. The van der Waals surface area contributed by atoms with Crippen molar-refractivity contribution in [1.29, 1.82) is 0 Å². The van der Waals surface area contributed by atoms with Gasteiger partial charge in [-0.15, -0.1) is 0 Å². The molecule has 8 heteroatoms. The SMILES string of the molecule is CC[C@@H]1C(N)C(=O)N[C@@H]1COc1nccc2cc(C(N)=O)c(OC)cc12. The smallest absolute Gasteiger partial charge is 0.252 e. The number of methoxy groups -OCH3 is 1. The molecule has 1 aromatic heterocycles. The van der Waals surface area contributed by atoms with E-state index in [4.69, 9.17) is 20.9 Å². The number of fused-ring (bicyclic) bond motifs is 1. The average Bonchev–Trinajstić information content (AvgIpc) is 2.91. The van der Waals surface area contributed by atoms with Crippen LogP contribution >= 0.6 is 0 Å². The number of hydrogen-bond donors (Lipinski definition) is 3. The summed E-state index contributed by atoms with van der Waals surface area (Å²) in [5, 5.41) is 4.31. The van der Waals surface area contributed by atoms with E-state index in [0.29, 0.717) is 17.0 Å². The molecular formula is C18H22N4O4. The van der Waals surface area contributed by atoms with E-state index in [1.165, 1.54) is 7.11 Å². The lowest BCUT2D eigenvalue weighted by atomic mass is 9.94. The van der Waals surface area contributed by atoms with Gasteiger partial charge >= 0.3 is 0 Å². The second-order valence-electron chi connectivity index (χ2n) is 6.28. The second-order valence-corrected chi connectivity index (χ2v) is 6.28. The third-order valence-electron chi connectivity index (χ3n) is 4.79. The van der Waals surface area contributed by atoms with Crippen LogP contribution in [-0.2, 0) is 4.79 Å². The largest absolute Gasteiger partial charge is 0.496 e. The molecule has 1 saturated heterocycles. The first kappa shape index (κ1) is 17.9. The zero-order chi connectivity index (χ0) is 18.8. The molecule has 2 heterocycles. The van der Waals surface area contributed by atoms with Crippen LogP contribution < -0.4 is 26.3 Å². The second kappa shape index (κ2) is 7.17. The number of aromatic nitrogens is 1. The summed E-state index contributed by atoms with van der Waals surface area (Å²) >= 11 is 0. The molecule has 0 saturated carbocycles. The maximum absolute atomic E-state index is 11.8. The molecule has 138 valence electrons. The van der Waals surface area contributed by atoms with E-state index < -0.39 is 11.9 Å². The van der Waals surface area contributed by atoms with Gasteiger partial charge in [0, 0.05) is 17.5 Å². The number of benzene rings is 1. The molecule has 1 unspecified atom stereocenters. The Kier molecular flexibility index (Phi) is 4.94. The Hall–Kier alpha value is -2.87. The van der Waals surface area contributed by atoms with Gasteiger partial charge in [-0.3, -0.25) is 9.59 Å². The molecule has 0 spiro atoms. The molecule has 8 nitrogen and oxygen atoms in total. The predicted molar refractivity (Wildman–Crippen MR) is 96.0 cm³/mol. The van der Waals surface area contributed by atoms with Gasteiger partial charge in [-0.25, -0.2) is 4.98 Å². The zero-order valence-corrected chi connectivity index (χ0v) is 14.7. The van der Waals surface area contributed by atoms with Crippen LogP contribution in [0.25, 0.3) is 10.8 Å². The quantitative estimate of drug-likeness (QED) is 0.692. The van der Waals surface area contributed by atoms with Gasteiger partial charge in [-0.2, -0.15) is 0 Å². The molecule has 0 bridgehead atoms. The maximum atomic E-state index is 11.8. The van der Waals surface area contributed by atoms with Gasteiger partial charge in [-0.1, -0.05) is 6.92 Å². The van der Waals surface area contributed by atoms with Crippen molar-refractivity contribution in [1.82, 2.24) is 10.3 Å². The molecule has 2 amide bonds. The number of rotatable bonds is 6. The number of primary amides is 1. The van der Waals surface area contributed by atoms with E-state index in [9.17, 15) is 9.59 Å². The molecule has 3 atom stereocenters. The average molecular weight is 358 g/mol. The fourth-order valence-corrected chi connectivity index (χ4v) is 3.35. The highest BCUT2D eigenvalue weighted by atomic mass is 16.5. The number of pyridine rings is 1. The lowest BCUT2D eigenvalue weighted by molar-refractivity contribution is -0.120. The van der Waals surface area contributed by atoms with E-state index in [-0.39, 0.29) is 30.0 Å². The fraction of sp³-hybridized carbons (Fsp3) is 0.389. The number of nitrogens with zero attached hydrogens (tertiary/aromatic N) is 1. The standard InChI is InChI=1S/C18H22N4O4/c1-3-10-13(22-17(24)15(10)19)8-26-18-11-7-14(25-2)12(16(20)23)6-9(11)4-5-21-18/h4-7,10,13,15H,3,8,19H2,1-2H3,(H2,20,23)(H,22,24)/t10-,13+,15?/m0/s1. The van der Waals surface area contributed by atoms with Gasteiger partial charge in [0.15, 0.2) is 0 Å². The van der Waals surface area contributed by atoms with Crippen LogP contribution in [0.4, 0.5) is 0 Å². The van der Waals surface area contributed by atoms with Crippen molar-refractivity contribution >= 4 is 22.6 Å². The molecule has 1 aliphatic heterocycles. The predicted octanol–water partition coefficient (Wildman–Crippen LogP) is 0.573. The Labute approximate surface area is 150 Å². The van der Waals surface area contributed by atoms with E-state index in [1.54, 1.807) is 24.4 Å². The van der Waals surface area contributed by atoms with E-state index in [0.717, 1.165) is 11.8 Å². The van der Waals surface area contributed by atoms with Crippen LogP contribution in [0, 0.1) is 5.92 Å². The Morgan fingerprint density at radius 3 is 2.81 bits per heavy atom. The topological polar surface area (TPSA) is 130 Å². The van der Waals surface area contributed by atoms with Crippen molar-refractivity contribution in [2.24, 2.45) is 17.4 Å². The number of hydrogen-bond acceptors (Lipinski definition) is 6. The molecular weight excluding hydrogens is 336 g/mol. The van der Waals surface area contributed by atoms with Crippen molar-refractivity contribution in [2.45, 2.75) is 25.4 Å². The molecule has 3 rings (SSSR count). The first-order chi connectivity index (χ1) is 12.5. The lowest BCUT2D eigenvalue weighted by Gasteiger charge is -2.20. The zero-order valence-electron chi connectivity index (χ0n) is 14.7. The van der Waals surface area contributed by atoms with Gasteiger partial charge in [0.25, 0.3) is 5.91 Å². The van der Waals surface area contributed by atoms with E-state index in [2.05, 4.69) is 10.3 Å². The number of carbonyl (C=O) groups is 2. The van der Waals surface area contributed by atoms with Crippen LogP contribution in [0.15, 0.2) is 24.4 Å². The van der Waals surface area contributed by atoms with Crippen LogP contribution in [0.2, 0.25) is 0 Å². The molecule has 2 aromatic rings. The Morgan fingerprint density at radius 1 is 1.38 bits per heavy atom. The highest BCUT2D eigenvalue weighted by Gasteiger charge is 2.39. The monoisotopic (exact) mass is 358 g/mol. The van der Waals surface area contributed by atoms with Gasteiger partial charge in [0.05, 0.1) is 24.8 Å². The summed E-state index contributed by atoms with van der Waals surface area (Å²) in [4.78, 5) is 27.6. The number of nitrogens with one attached hydrogen (secondary N) is 1. The van der Waals surface area contributed by atoms with Crippen LogP contribution in [0.1, 0.15) is 23.7 Å². The fourth-order valence-electron chi connectivity index (χ4n) is 3.35. The summed E-state index contributed by atoms with van der Waals surface area (Å²) in [5.74, 6) is 0.0147. The van der Waals surface area contributed by atoms with Crippen LogP contribution in [-0.4, -0.2) is 42.6 Å². The Bertz CT molecular complexity index is 854. The minimum Gasteiger partial charge on any atom is -0.496 e. The van der Waals surface area contributed by atoms with Crippen LogP contribution in [0.5, 0.6) is 11.6 Å². The summed E-state index contributed by atoms with van der Waals surface area (Å²) in [5.41, 5.74) is 11.6. The van der Waals surface area contributed by atoms with Gasteiger partial charge in [0.2, 0.25) is 11.8 Å². The summed E-state index contributed by atoms with van der Waals surface area (Å²) in [6.45, 7) is 2.24. The number of amides is 2. The Morgan fingerprint density at radius 2 is 2.15 bits per heavy atom. The highest BCUT2D eigenvalue weighted by molar-refractivity contribution is 6.01. The minimum atomic E-state index is -0.573. The highest BCUT2D eigenvalue weighted by Crippen LogP contribution is 2.31. The number of nitrogens with two attached hydrogens (primary N) is 2. The van der Waals surface area contributed by atoms with Crippen LogP contribution in [0.3, 0.4) is 0 Å². The van der Waals surface area contributed by atoms with Crippen molar-refractivity contribution in [2.75, 3.05) is 13.7 Å². The summed E-state index contributed by atoms with van der Waals surface area (Å²) < 4.78 is 11.1. The molecule has 1 aromatic carbocycles. The molecule has 5 N–H and O–H groups in total. The van der Waals surface area contributed by atoms with E-state index >= 15 is 0 Å². The van der Waals surface area contributed by atoms with Gasteiger partial charge in [-0.05, 0) is 30.0 Å². The van der Waals surface area contributed by atoms with Gasteiger partial charge in [0.1, 0.15) is 12.4 Å². The summed E-state index contributed by atoms with van der Waals surface area (Å²) in [6.07, 6.45) is 2.36. The summed E-state index contributed by atoms with van der Waals surface area (Å²) in [6, 6.07) is 4.39. The van der Waals surface area contributed by atoms with Crippen molar-refractivity contribution in [3.63, 3.8) is 0 Å². The molecule has 26 heavy (non-hydrogen) atoms. The lowest BCUT2D eigenvalue weighted by Crippen LogP contribution is -2.35. The number of carbonyl (C=O) groups excluding carboxylic acids is 2. The molecule has 1 fully saturated rings. The minimum absolute atomic E-state index is 0.00785. The van der Waals surface area contributed by atoms with E-state index in [1.807, 2.05) is 6.92 Å².